The first-order valence-corrected chi connectivity index (χ1v) is 10.3. The summed E-state index contributed by atoms with van der Waals surface area (Å²) in [5, 5.41) is 0.745. The number of rotatable bonds is 2. The maximum absolute atomic E-state index is 13.5. The van der Waals surface area contributed by atoms with Crippen LogP contribution >= 0.6 is 23.2 Å². The number of hydrogen-bond acceptors (Lipinski definition) is 5. The zero-order valence-electron chi connectivity index (χ0n) is 15.3. The Morgan fingerprint density at radius 2 is 1.79 bits per heavy atom. The van der Waals surface area contributed by atoms with Crippen molar-refractivity contribution in [2.75, 3.05) is 4.90 Å². The molecule has 0 bridgehead atoms. The number of Topliss-reactive ketones (excluding diaryl/α,β-unsaturated/α-hetero) is 1. The van der Waals surface area contributed by atoms with Crippen LogP contribution in [0.3, 0.4) is 0 Å². The molecule has 0 N–H and O–H groups in total. The summed E-state index contributed by atoms with van der Waals surface area (Å²) in [4.78, 5) is 36.7. The Bertz CT molecular complexity index is 1040. The molecule has 1 amide bonds. The molecule has 6 nitrogen and oxygen atoms in total. The summed E-state index contributed by atoms with van der Waals surface area (Å²) in [7, 11) is 0. The van der Waals surface area contributed by atoms with Crippen molar-refractivity contribution >= 4 is 40.8 Å². The van der Waals surface area contributed by atoms with Crippen LogP contribution in [-0.2, 0) is 14.3 Å². The van der Waals surface area contributed by atoms with E-state index >= 15 is 0 Å². The van der Waals surface area contributed by atoms with Crippen LogP contribution in [0.4, 0.5) is 5.95 Å². The van der Waals surface area contributed by atoms with E-state index in [4.69, 9.17) is 27.9 Å². The first kappa shape index (κ1) is 18.6. The van der Waals surface area contributed by atoms with E-state index in [1.54, 1.807) is 36.7 Å². The van der Waals surface area contributed by atoms with Crippen molar-refractivity contribution in [3.63, 3.8) is 0 Å². The number of ketones is 1. The van der Waals surface area contributed by atoms with Crippen LogP contribution in [0.15, 0.2) is 48.0 Å². The molecule has 0 radical (unpaired) electrons. The van der Waals surface area contributed by atoms with Gasteiger partial charge >= 0.3 is 0 Å². The van der Waals surface area contributed by atoms with Gasteiger partial charge in [-0.2, -0.15) is 0 Å². The van der Waals surface area contributed by atoms with Crippen molar-refractivity contribution in [1.29, 1.82) is 0 Å². The minimum absolute atomic E-state index is 0.0289. The summed E-state index contributed by atoms with van der Waals surface area (Å²) >= 11 is 12.3. The SMILES string of the molecule is O=C1C2=C(OC3CCCCC13)C(=O)N(c1ncccn1)C2c1ccc(Cl)c(Cl)c1. The molecule has 1 fully saturated rings. The summed E-state index contributed by atoms with van der Waals surface area (Å²) in [6.07, 6.45) is 6.39. The van der Waals surface area contributed by atoms with Crippen molar-refractivity contribution in [3.8, 4) is 0 Å². The van der Waals surface area contributed by atoms with E-state index in [1.807, 2.05) is 0 Å². The third-order valence-corrected chi connectivity index (χ3v) is 6.53. The Morgan fingerprint density at radius 3 is 2.55 bits per heavy atom. The predicted octanol–water partition coefficient (Wildman–Crippen LogP) is 4.28. The lowest BCUT2D eigenvalue weighted by atomic mass is 9.77. The van der Waals surface area contributed by atoms with E-state index in [9.17, 15) is 9.59 Å². The number of nitrogens with zero attached hydrogens (tertiary/aromatic N) is 3. The molecule has 148 valence electrons. The molecule has 5 rings (SSSR count). The molecule has 8 heteroatoms. The van der Waals surface area contributed by atoms with Gasteiger partial charge in [-0.25, -0.2) is 9.97 Å². The molecule has 1 aromatic heterocycles. The van der Waals surface area contributed by atoms with Crippen LogP contribution in [-0.4, -0.2) is 27.8 Å². The number of carbonyl (C=O) groups is 2. The van der Waals surface area contributed by atoms with Crippen molar-refractivity contribution in [1.82, 2.24) is 9.97 Å². The molecule has 3 unspecified atom stereocenters. The highest BCUT2D eigenvalue weighted by Gasteiger charge is 2.53. The fourth-order valence-electron chi connectivity index (χ4n) is 4.46. The monoisotopic (exact) mass is 429 g/mol. The Kier molecular flexibility index (Phi) is 4.56. The van der Waals surface area contributed by atoms with Gasteiger partial charge in [0, 0.05) is 12.4 Å². The molecular weight excluding hydrogens is 413 g/mol. The van der Waals surface area contributed by atoms with Gasteiger partial charge in [0.2, 0.25) is 5.95 Å². The van der Waals surface area contributed by atoms with Crippen LogP contribution in [0.5, 0.6) is 0 Å². The molecule has 1 aromatic carbocycles. The third kappa shape index (κ3) is 2.93. The fourth-order valence-corrected chi connectivity index (χ4v) is 4.77. The topological polar surface area (TPSA) is 72.4 Å². The van der Waals surface area contributed by atoms with Gasteiger partial charge in [0.1, 0.15) is 6.10 Å². The quantitative estimate of drug-likeness (QED) is 0.711. The molecule has 3 heterocycles. The van der Waals surface area contributed by atoms with Crippen molar-refractivity contribution in [2.24, 2.45) is 5.92 Å². The number of amides is 1. The minimum Gasteiger partial charge on any atom is -0.483 e. The molecule has 29 heavy (non-hydrogen) atoms. The van der Waals surface area contributed by atoms with Crippen molar-refractivity contribution in [3.05, 3.63) is 63.6 Å². The number of anilines is 1. The summed E-state index contributed by atoms with van der Waals surface area (Å²) in [5.74, 6) is -0.334. The summed E-state index contributed by atoms with van der Waals surface area (Å²) in [5.41, 5.74) is 1.03. The second-order valence-corrected chi connectivity index (χ2v) is 8.27. The first-order valence-electron chi connectivity index (χ1n) is 9.57. The van der Waals surface area contributed by atoms with Crippen molar-refractivity contribution < 1.29 is 14.3 Å². The number of hydrogen-bond donors (Lipinski definition) is 0. The number of carbonyl (C=O) groups excluding carboxylic acids is 2. The van der Waals surface area contributed by atoms with E-state index in [0.717, 1.165) is 25.7 Å². The predicted molar refractivity (Wildman–Crippen MR) is 108 cm³/mol. The van der Waals surface area contributed by atoms with Gasteiger partial charge in [-0.3, -0.25) is 14.5 Å². The number of benzene rings is 1. The number of halogens is 2. The standard InChI is InChI=1S/C21H17Cl2N3O3/c22-13-7-6-11(10-14(13)23)17-16-18(27)12-4-1-2-5-15(12)29-19(16)20(28)26(17)21-24-8-3-9-25-21/h3,6-10,12,15,17H,1-2,4-5H2. The van der Waals surface area contributed by atoms with Crippen LogP contribution < -0.4 is 4.90 Å². The number of aromatic nitrogens is 2. The highest BCUT2D eigenvalue weighted by molar-refractivity contribution is 6.42. The smallest absolute Gasteiger partial charge is 0.297 e. The summed E-state index contributed by atoms with van der Waals surface area (Å²) < 4.78 is 6.11. The van der Waals surface area contributed by atoms with E-state index in [-0.39, 0.29) is 29.5 Å². The molecule has 1 saturated carbocycles. The average Bonchev–Trinajstić information content (AvgIpc) is 3.04. The lowest BCUT2D eigenvalue weighted by Gasteiger charge is -2.35. The largest absolute Gasteiger partial charge is 0.483 e. The van der Waals surface area contributed by atoms with Crippen molar-refractivity contribution in [2.45, 2.75) is 37.8 Å². The van der Waals surface area contributed by atoms with Crippen LogP contribution in [0.2, 0.25) is 10.0 Å². The van der Waals surface area contributed by atoms with Crippen LogP contribution in [0.25, 0.3) is 0 Å². The van der Waals surface area contributed by atoms with Crippen LogP contribution in [0.1, 0.15) is 37.3 Å². The Morgan fingerprint density at radius 1 is 1.03 bits per heavy atom. The number of fused-ring (bicyclic) bond motifs is 1. The van der Waals surface area contributed by atoms with Gasteiger partial charge in [-0.05, 0) is 43.0 Å². The first-order chi connectivity index (χ1) is 14.1. The number of ether oxygens (including phenoxy) is 1. The van der Waals surface area contributed by atoms with Crippen LogP contribution in [0, 0.1) is 5.92 Å². The van der Waals surface area contributed by atoms with E-state index in [2.05, 4.69) is 9.97 Å². The highest BCUT2D eigenvalue weighted by Crippen LogP contribution is 2.48. The summed E-state index contributed by atoms with van der Waals surface area (Å²) in [6, 6.07) is 6.06. The maximum Gasteiger partial charge on any atom is 0.297 e. The second-order valence-electron chi connectivity index (χ2n) is 7.45. The fraction of sp³-hybridized carbons (Fsp3) is 0.333. The third-order valence-electron chi connectivity index (χ3n) is 5.79. The zero-order valence-corrected chi connectivity index (χ0v) is 16.9. The lowest BCUT2D eigenvalue weighted by Crippen LogP contribution is -2.39. The molecule has 2 aromatic rings. The van der Waals surface area contributed by atoms with E-state index < -0.39 is 11.9 Å². The van der Waals surface area contributed by atoms with Gasteiger partial charge in [0.25, 0.3) is 5.91 Å². The molecule has 3 aliphatic rings. The molecular formula is C21H17Cl2N3O3. The molecule has 3 atom stereocenters. The Labute approximate surface area is 177 Å². The van der Waals surface area contributed by atoms with E-state index in [0.29, 0.717) is 21.2 Å². The molecule has 0 saturated heterocycles. The van der Waals surface area contributed by atoms with Gasteiger partial charge in [0.15, 0.2) is 11.5 Å². The normalized spacial score (nSPS) is 26.3. The van der Waals surface area contributed by atoms with Gasteiger partial charge in [-0.15, -0.1) is 0 Å². The summed E-state index contributed by atoms with van der Waals surface area (Å²) in [6.45, 7) is 0. The van der Waals surface area contributed by atoms with Gasteiger partial charge < -0.3 is 4.74 Å². The zero-order chi connectivity index (χ0) is 20.1. The Hall–Kier alpha value is -2.44. The second kappa shape index (κ2) is 7.11. The lowest BCUT2D eigenvalue weighted by molar-refractivity contribution is -0.131. The van der Waals surface area contributed by atoms with Gasteiger partial charge in [0.05, 0.1) is 27.6 Å². The molecule has 0 spiro atoms. The van der Waals surface area contributed by atoms with Gasteiger partial charge in [-0.1, -0.05) is 35.7 Å². The van der Waals surface area contributed by atoms with E-state index in [1.165, 1.54) is 4.90 Å². The Balaban J connectivity index is 1.67. The molecule has 2 aliphatic heterocycles. The maximum atomic E-state index is 13.5. The minimum atomic E-state index is -0.704. The highest BCUT2D eigenvalue weighted by atomic mass is 35.5. The molecule has 1 aliphatic carbocycles. The average molecular weight is 430 g/mol.